The Morgan fingerprint density at radius 3 is 2.95 bits per heavy atom. The standard InChI is InChI=1S/C17H26N2O/c1-17(8-9-18-13-17)14-19-10-7-15(11-19)12-20-16-5-3-2-4-6-16/h2-6,15,18H,7-14H2,1H3. The topological polar surface area (TPSA) is 24.5 Å². The third-order valence-electron chi connectivity index (χ3n) is 4.66. The summed E-state index contributed by atoms with van der Waals surface area (Å²) < 4.78 is 5.89. The van der Waals surface area contributed by atoms with Gasteiger partial charge in [0.05, 0.1) is 6.61 Å². The Morgan fingerprint density at radius 1 is 1.35 bits per heavy atom. The largest absolute Gasteiger partial charge is 0.493 e. The van der Waals surface area contributed by atoms with E-state index in [0.717, 1.165) is 12.4 Å². The van der Waals surface area contributed by atoms with Crippen molar-refractivity contribution in [1.82, 2.24) is 10.2 Å². The Hall–Kier alpha value is -1.06. The fourth-order valence-electron chi connectivity index (χ4n) is 3.47. The molecule has 0 aromatic heterocycles. The van der Waals surface area contributed by atoms with Gasteiger partial charge in [-0.3, -0.25) is 0 Å². The molecule has 0 radical (unpaired) electrons. The number of rotatable bonds is 5. The molecule has 2 unspecified atom stereocenters. The van der Waals surface area contributed by atoms with E-state index in [1.807, 2.05) is 30.3 Å². The molecule has 3 nitrogen and oxygen atoms in total. The van der Waals surface area contributed by atoms with E-state index in [1.165, 1.54) is 45.6 Å². The predicted molar refractivity (Wildman–Crippen MR) is 82.1 cm³/mol. The van der Waals surface area contributed by atoms with Crippen molar-refractivity contribution in [3.05, 3.63) is 30.3 Å². The lowest BCUT2D eigenvalue weighted by molar-refractivity contribution is 0.190. The summed E-state index contributed by atoms with van der Waals surface area (Å²) in [6.07, 6.45) is 2.59. The van der Waals surface area contributed by atoms with Crippen molar-refractivity contribution >= 4 is 0 Å². The highest BCUT2D eigenvalue weighted by atomic mass is 16.5. The zero-order chi connectivity index (χ0) is 13.8. The van der Waals surface area contributed by atoms with Crippen molar-refractivity contribution in [3.63, 3.8) is 0 Å². The van der Waals surface area contributed by atoms with Crippen LogP contribution in [0, 0.1) is 11.3 Å². The van der Waals surface area contributed by atoms with Crippen LogP contribution < -0.4 is 10.1 Å². The molecule has 2 fully saturated rings. The summed E-state index contributed by atoms with van der Waals surface area (Å²) in [4.78, 5) is 2.63. The molecule has 2 atom stereocenters. The Kier molecular flexibility index (Phi) is 4.27. The minimum absolute atomic E-state index is 0.481. The second-order valence-electron chi connectivity index (χ2n) is 6.75. The van der Waals surface area contributed by atoms with Gasteiger partial charge in [-0.1, -0.05) is 25.1 Å². The first kappa shape index (κ1) is 13.9. The Balaban J connectivity index is 1.43. The summed E-state index contributed by atoms with van der Waals surface area (Å²) in [7, 11) is 0. The van der Waals surface area contributed by atoms with Crippen LogP contribution in [0.25, 0.3) is 0 Å². The maximum absolute atomic E-state index is 5.89. The SMILES string of the molecule is CC1(CN2CCC(COc3ccccc3)C2)CCNC1. The second kappa shape index (κ2) is 6.15. The van der Waals surface area contributed by atoms with E-state index in [2.05, 4.69) is 17.1 Å². The molecule has 3 rings (SSSR count). The van der Waals surface area contributed by atoms with Gasteiger partial charge in [-0.25, -0.2) is 0 Å². The minimum atomic E-state index is 0.481. The van der Waals surface area contributed by atoms with Gasteiger partial charge in [0.15, 0.2) is 0 Å². The van der Waals surface area contributed by atoms with Crippen molar-refractivity contribution in [2.45, 2.75) is 19.8 Å². The first-order chi connectivity index (χ1) is 9.73. The number of likely N-dealkylation sites (tertiary alicyclic amines) is 1. The average molecular weight is 274 g/mol. The van der Waals surface area contributed by atoms with Crippen molar-refractivity contribution in [2.75, 3.05) is 39.3 Å². The van der Waals surface area contributed by atoms with E-state index in [1.54, 1.807) is 0 Å². The number of para-hydroxylation sites is 1. The molecule has 0 amide bonds. The molecule has 20 heavy (non-hydrogen) atoms. The molecule has 2 aliphatic rings. The molecule has 0 spiro atoms. The van der Waals surface area contributed by atoms with Crippen LogP contribution in [0.4, 0.5) is 0 Å². The van der Waals surface area contributed by atoms with Crippen LogP contribution in [0.2, 0.25) is 0 Å². The number of hydrogen-bond donors (Lipinski definition) is 1. The number of ether oxygens (including phenoxy) is 1. The molecule has 3 heteroatoms. The lowest BCUT2D eigenvalue weighted by Crippen LogP contribution is -2.36. The Labute approximate surface area is 122 Å². The monoisotopic (exact) mass is 274 g/mol. The van der Waals surface area contributed by atoms with Gasteiger partial charge in [-0.05, 0) is 43.5 Å². The van der Waals surface area contributed by atoms with Crippen LogP contribution in [0.1, 0.15) is 19.8 Å². The molecule has 1 aromatic carbocycles. The van der Waals surface area contributed by atoms with Crippen molar-refractivity contribution in [1.29, 1.82) is 0 Å². The van der Waals surface area contributed by atoms with Gasteiger partial charge in [0.25, 0.3) is 0 Å². The maximum Gasteiger partial charge on any atom is 0.119 e. The quantitative estimate of drug-likeness (QED) is 0.892. The van der Waals surface area contributed by atoms with E-state index in [-0.39, 0.29) is 0 Å². The molecule has 2 aliphatic heterocycles. The van der Waals surface area contributed by atoms with E-state index in [4.69, 9.17) is 4.74 Å². The predicted octanol–water partition coefficient (Wildman–Crippen LogP) is 2.39. The molecule has 2 heterocycles. The average Bonchev–Trinajstić information content (AvgIpc) is 3.07. The Bertz CT molecular complexity index is 414. The van der Waals surface area contributed by atoms with Gasteiger partial charge < -0.3 is 15.0 Å². The fraction of sp³-hybridized carbons (Fsp3) is 0.647. The van der Waals surface area contributed by atoms with Gasteiger partial charge in [-0.15, -0.1) is 0 Å². The highest BCUT2D eigenvalue weighted by molar-refractivity contribution is 5.20. The molecule has 1 aromatic rings. The van der Waals surface area contributed by atoms with Crippen LogP contribution in [-0.4, -0.2) is 44.2 Å². The molecule has 0 saturated carbocycles. The molecule has 0 aliphatic carbocycles. The van der Waals surface area contributed by atoms with Gasteiger partial charge in [-0.2, -0.15) is 0 Å². The third-order valence-corrected chi connectivity index (χ3v) is 4.66. The molecule has 110 valence electrons. The van der Waals surface area contributed by atoms with Gasteiger partial charge in [0, 0.05) is 25.6 Å². The number of hydrogen-bond acceptors (Lipinski definition) is 3. The number of benzene rings is 1. The van der Waals surface area contributed by atoms with E-state index < -0.39 is 0 Å². The fourth-order valence-corrected chi connectivity index (χ4v) is 3.47. The normalized spacial score (nSPS) is 30.8. The molecule has 0 bridgehead atoms. The summed E-state index contributed by atoms with van der Waals surface area (Å²) in [5, 5.41) is 3.49. The third kappa shape index (κ3) is 3.53. The zero-order valence-corrected chi connectivity index (χ0v) is 12.5. The van der Waals surface area contributed by atoms with Crippen LogP contribution in [0.3, 0.4) is 0 Å². The van der Waals surface area contributed by atoms with Crippen LogP contribution in [0.5, 0.6) is 5.75 Å². The van der Waals surface area contributed by atoms with E-state index in [9.17, 15) is 0 Å². The summed E-state index contributed by atoms with van der Waals surface area (Å²) in [5.41, 5.74) is 0.481. The highest BCUT2D eigenvalue weighted by Crippen LogP contribution is 2.28. The van der Waals surface area contributed by atoms with E-state index >= 15 is 0 Å². The zero-order valence-electron chi connectivity index (χ0n) is 12.5. The van der Waals surface area contributed by atoms with Crippen molar-refractivity contribution in [2.24, 2.45) is 11.3 Å². The van der Waals surface area contributed by atoms with Crippen LogP contribution >= 0.6 is 0 Å². The lowest BCUT2D eigenvalue weighted by atomic mass is 9.89. The molecular weight excluding hydrogens is 248 g/mol. The number of nitrogens with zero attached hydrogens (tertiary/aromatic N) is 1. The first-order valence-corrected chi connectivity index (χ1v) is 7.84. The highest BCUT2D eigenvalue weighted by Gasteiger charge is 2.33. The summed E-state index contributed by atoms with van der Waals surface area (Å²) in [6, 6.07) is 10.2. The van der Waals surface area contributed by atoms with Gasteiger partial charge in [0.2, 0.25) is 0 Å². The van der Waals surface area contributed by atoms with Crippen LogP contribution in [0.15, 0.2) is 30.3 Å². The minimum Gasteiger partial charge on any atom is -0.493 e. The summed E-state index contributed by atoms with van der Waals surface area (Å²) in [5.74, 6) is 1.69. The number of nitrogens with one attached hydrogen (secondary N) is 1. The molecule has 2 saturated heterocycles. The smallest absolute Gasteiger partial charge is 0.119 e. The maximum atomic E-state index is 5.89. The van der Waals surface area contributed by atoms with E-state index in [0.29, 0.717) is 11.3 Å². The second-order valence-corrected chi connectivity index (χ2v) is 6.75. The van der Waals surface area contributed by atoms with Crippen LogP contribution in [-0.2, 0) is 0 Å². The molecule has 1 N–H and O–H groups in total. The van der Waals surface area contributed by atoms with Crippen molar-refractivity contribution in [3.8, 4) is 5.75 Å². The van der Waals surface area contributed by atoms with Gasteiger partial charge >= 0.3 is 0 Å². The first-order valence-electron chi connectivity index (χ1n) is 7.84. The van der Waals surface area contributed by atoms with Gasteiger partial charge in [0.1, 0.15) is 5.75 Å². The molecular formula is C17H26N2O. The van der Waals surface area contributed by atoms with Crippen molar-refractivity contribution < 1.29 is 4.74 Å². The summed E-state index contributed by atoms with van der Waals surface area (Å²) >= 11 is 0. The summed E-state index contributed by atoms with van der Waals surface area (Å²) in [6.45, 7) is 9.30. The Morgan fingerprint density at radius 2 is 2.20 bits per heavy atom. The lowest BCUT2D eigenvalue weighted by Gasteiger charge is -2.29.